The quantitative estimate of drug-likeness (QED) is 0.693. The molecule has 0 radical (unpaired) electrons. The van der Waals surface area contributed by atoms with E-state index in [1.165, 1.54) is 0 Å². The van der Waals surface area contributed by atoms with Crippen molar-refractivity contribution in [2.24, 2.45) is 22.7 Å². The minimum Gasteiger partial charge on any atom is -0.462 e. The first kappa shape index (κ1) is 21.0. The second kappa shape index (κ2) is 7.88. The Morgan fingerprint density at radius 1 is 0.792 bits per heavy atom. The van der Waals surface area contributed by atoms with Crippen molar-refractivity contribution >= 4 is 11.9 Å². The van der Waals surface area contributed by atoms with Gasteiger partial charge in [0, 0.05) is 0 Å². The highest BCUT2D eigenvalue weighted by atomic mass is 16.5. The molecule has 1 aliphatic rings. The van der Waals surface area contributed by atoms with E-state index in [2.05, 4.69) is 41.5 Å². The summed E-state index contributed by atoms with van der Waals surface area (Å²) in [4.78, 5) is 24.9. The van der Waals surface area contributed by atoms with Crippen LogP contribution in [0.15, 0.2) is 0 Å². The van der Waals surface area contributed by atoms with Crippen LogP contribution in [0.2, 0.25) is 0 Å². The maximum absolute atomic E-state index is 12.4. The Morgan fingerprint density at radius 2 is 1.12 bits per heavy atom. The van der Waals surface area contributed by atoms with Crippen LogP contribution in [-0.4, -0.2) is 24.1 Å². The van der Waals surface area contributed by atoms with E-state index in [1.807, 2.05) is 13.8 Å². The number of hydrogen-bond donors (Lipinski definition) is 0. The Balaban J connectivity index is 2.60. The summed E-state index contributed by atoms with van der Waals surface area (Å²) in [6.45, 7) is 16.2. The fourth-order valence-corrected chi connectivity index (χ4v) is 2.51. The fraction of sp³-hybridized carbons (Fsp3) is 0.900. The van der Waals surface area contributed by atoms with Gasteiger partial charge in [0.1, 0.15) is 12.2 Å². The van der Waals surface area contributed by atoms with Crippen molar-refractivity contribution in [1.29, 1.82) is 0 Å². The Labute approximate surface area is 147 Å². The second-order valence-corrected chi connectivity index (χ2v) is 9.45. The topological polar surface area (TPSA) is 52.6 Å². The van der Waals surface area contributed by atoms with E-state index >= 15 is 0 Å². The molecule has 1 fully saturated rings. The highest BCUT2D eigenvalue weighted by Gasteiger charge is 2.36. The Hall–Kier alpha value is -1.06. The fourth-order valence-electron chi connectivity index (χ4n) is 2.51. The summed E-state index contributed by atoms with van der Waals surface area (Å²) in [5.41, 5.74) is -0.157. The molecule has 0 bridgehead atoms. The van der Waals surface area contributed by atoms with Gasteiger partial charge in [-0.1, -0.05) is 48.0 Å². The van der Waals surface area contributed by atoms with Gasteiger partial charge in [-0.25, -0.2) is 0 Å². The van der Waals surface area contributed by atoms with E-state index in [9.17, 15) is 9.59 Å². The molecular formula is C20H36O4. The van der Waals surface area contributed by atoms with Gasteiger partial charge in [-0.05, 0) is 43.9 Å². The Bertz CT molecular complexity index is 402. The highest BCUT2D eigenvalue weighted by molar-refractivity contribution is 5.76. The molecule has 0 aromatic carbocycles. The molecule has 1 saturated carbocycles. The Kier molecular flexibility index (Phi) is 6.89. The lowest BCUT2D eigenvalue weighted by Crippen LogP contribution is -2.36. The minimum atomic E-state index is -0.189. The molecule has 0 saturated heterocycles. The Morgan fingerprint density at radius 3 is 1.42 bits per heavy atom. The normalized spacial score (nSPS) is 24.8. The van der Waals surface area contributed by atoms with Gasteiger partial charge in [0.15, 0.2) is 0 Å². The molecule has 0 spiro atoms. The van der Waals surface area contributed by atoms with Gasteiger partial charge >= 0.3 is 11.9 Å². The van der Waals surface area contributed by atoms with Gasteiger partial charge in [0.05, 0.1) is 11.8 Å². The summed E-state index contributed by atoms with van der Waals surface area (Å²) in [7, 11) is 0. The van der Waals surface area contributed by atoms with Crippen LogP contribution in [0.3, 0.4) is 0 Å². The SMILES string of the molecule is CC(OC(=O)C1CCCC(C(=O)OC(C)C(C)(C)C)C1)C(C)(C)C. The molecule has 0 aromatic rings. The zero-order valence-electron chi connectivity index (χ0n) is 16.8. The summed E-state index contributed by atoms with van der Waals surface area (Å²) in [5.74, 6) is -0.713. The molecule has 4 heteroatoms. The van der Waals surface area contributed by atoms with Gasteiger partial charge in [0.2, 0.25) is 0 Å². The molecule has 4 unspecified atom stereocenters. The van der Waals surface area contributed by atoms with Crippen LogP contribution in [0.1, 0.15) is 81.1 Å². The first-order valence-corrected chi connectivity index (χ1v) is 9.23. The van der Waals surface area contributed by atoms with Gasteiger partial charge in [-0.3, -0.25) is 9.59 Å². The molecule has 24 heavy (non-hydrogen) atoms. The van der Waals surface area contributed by atoms with Crippen LogP contribution in [0, 0.1) is 22.7 Å². The molecule has 1 aliphatic carbocycles. The van der Waals surface area contributed by atoms with Gasteiger partial charge in [-0.15, -0.1) is 0 Å². The minimum absolute atomic E-state index is 0.0786. The lowest BCUT2D eigenvalue weighted by atomic mass is 9.81. The van der Waals surface area contributed by atoms with Crippen LogP contribution in [-0.2, 0) is 19.1 Å². The summed E-state index contributed by atoms with van der Waals surface area (Å²) in [6.07, 6.45) is 2.73. The molecule has 0 aromatic heterocycles. The van der Waals surface area contributed by atoms with Gasteiger partial charge < -0.3 is 9.47 Å². The van der Waals surface area contributed by atoms with E-state index in [0.717, 1.165) is 19.3 Å². The zero-order valence-corrected chi connectivity index (χ0v) is 16.8. The average molecular weight is 341 g/mol. The molecule has 0 N–H and O–H groups in total. The highest BCUT2D eigenvalue weighted by Crippen LogP contribution is 2.33. The number of carbonyl (C=O) groups excluding carboxylic acids is 2. The summed E-state index contributed by atoms with van der Waals surface area (Å²) in [6, 6.07) is 0. The largest absolute Gasteiger partial charge is 0.462 e. The van der Waals surface area contributed by atoms with Crippen molar-refractivity contribution in [3.63, 3.8) is 0 Å². The summed E-state index contributed by atoms with van der Waals surface area (Å²) < 4.78 is 11.3. The third-order valence-corrected chi connectivity index (χ3v) is 5.37. The van der Waals surface area contributed by atoms with Crippen molar-refractivity contribution < 1.29 is 19.1 Å². The van der Waals surface area contributed by atoms with Gasteiger partial charge in [-0.2, -0.15) is 0 Å². The lowest BCUT2D eigenvalue weighted by Gasteiger charge is -2.33. The van der Waals surface area contributed by atoms with E-state index in [4.69, 9.17) is 9.47 Å². The average Bonchev–Trinajstić information content (AvgIpc) is 2.45. The van der Waals surface area contributed by atoms with Gasteiger partial charge in [0.25, 0.3) is 0 Å². The summed E-state index contributed by atoms with van der Waals surface area (Å²) >= 11 is 0. The first-order chi connectivity index (χ1) is 10.8. The van der Waals surface area contributed by atoms with Crippen LogP contribution >= 0.6 is 0 Å². The smallest absolute Gasteiger partial charge is 0.309 e. The van der Waals surface area contributed by atoms with Crippen molar-refractivity contribution in [3.05, 3.63) is 0 Å². The molecule has 4 nitrogen and oxygen atoms in total. The zero-order chi connectivity index (χ0) is 18.7. The van der Waals surface area contributed by atoms with E-state index < -0.39 is 0 Å². The predicted octanol–water partition coefficient (Wildman–Crippen LogP) is 4.75. The van der Waals surface area contributed by atoms with Crippen LogP contribution in [0.5, 0.6) is 0 Å². The molecule has 0 amide bonds. The third kappa shape index (κ3) is 6.10. The standard InChI is InChI=1S/C20H36O4/c1-13(19(3,4)5)23-17(21)15-10-9-11-16(12-15)18(22)24-14(2)20(6,7)8/h13-16H,9-12H2,1-8H3. The van der Waals surface area contributed by atoms with E-state index in [0.29, 0.717) is 6.42 Å². The number of esters is 2. The van der Waals surface area contributed by atoms with Crippen molar-refractivity contribution in [1.82, 2.24) is 0 Å². The molecule has 1 rings (SSSR count). The number of rotatable bonds is 4. The van der Waals surface area contributed by atoms with Crippen LogP contribution in [0.25, 0.3) is 0 Å². The van der Waals surface area contributed by atoms with Crippen molar-refractivity contribution in [2.45, 2.75) is 93.3 Å². The van der Waals surface area contributed by atoms with Crippen molar-refractivity contribution in [2.75, 3.05) is 0 Å². The summed E-state index contributed by atoms with van der Waals surface area (Å²) in [5, 5.41) is 0. The maximum atomic E-state index is 12.4. The predicted molar refractivity (Wildman–Crippen MR) is 95.5 cm³/mol. The van der Waals surface area contributed by atoms with Crippen molar-refractivity contribution in [3.8, 4) is 0 Å². The maximum Gasteiger partial charge on any atom is 0.309 e. The molecule has 140 valence electrons. The first-order valence-electron chi connectivity index (χ1n) is 9.23. The second-order valence-electron chi connectivity index (χ2n) is 9.45. The molecule has 0 aliphatic heterocycles. The molecule has 0 heterocycles. The molecule has 4 atom stereocenters. The monoisotopic (exact) mass is 340 g/mol. The number of carbonyl (C=O) groups is 2. The third-order valence-electron chi connectivity index (χ3n) is 5.37. The number of ether oxygens (including phenoxy) is 2. The van der Waals surface area contributed by atoms with E-state index in [1.54, 1.807) is 0 Å². The van der Waals surface area contributed by atoms with E-state index in [-0.39, 0.29) is 46.8 Å². The molecular weight excluding hydrogens is 304 g/mol. The van der Waals surface area contributed by atoms with Crippen LogP contribution in [0.4, 0.5) is 0 Å². The lowest BCUT2D eigenvalue weighted by molar-refractivity contribution is -0.165. The van der Waals surface area contributed by atoms with Crippen LogP contribution < -0.4 is 0 Å². The number of hydrogen-bond acceptors (Lipinski definition) is 4.